The first-order valence-corrected chi connectivity index (χ1v) is 6.59. The number of rotatable bonds is 1. The third-order valence-electron chi connectivity index (χ3n) is 3.83. The molecule has 5 nitrogen and oxygen atoms in total. The zero-order valence-electron chi connectivity index (χ0n) is 10.6. The van der Waals surface area contributed by atoms with E-state index in [2.05, 4.69) is 0 Å². The van der Waals surface area contributed by atoms with E-state index in [9.17, 15) is 9.59 Å². The van der Waals surface area contributed by atoms with Crippen LogP contribution < -0.4 is 4.90 Å². The number of amides is 2. The van der Waals surface area contributed by atoms with Crippen molar-refractivity contribution >= 4 is 17.7 Å². The van der Waals surface area contributed by atoms with Gasteiger partial charge in [0, 0.05) is 25.3 Å². The molecule has 0 unspecified atom stereocenters. The topological polar surface area (TPSA) is 60.9 Å². The molecule has 2 aliphatic rings. The van der Waals surface area contributed by atoms with E-state index in [-0.39, 0.29) is 11.6 Å². The monoisotopic (exact) mass is 260 g/mol. The molecule has 2 heterocycles. The van der Waals surface area contributed by atoms with Crippen LogP contribution in [0.2, 0.25) is 0 Å². The number of hydrogen-bond donors (Lipinski definition) is 1. The van der Waals surface area contributed by atoms with E-state index in [0.717, 1.165) is 43.6 Å². The minimum absolute atomic E-state index is 0.0549. The second-order valence-electron chi connectivity index (χ2n) is 5.03. The molecule has 19 heavy (non-hydrogen) atoms. The second-order valence-corrected chi connectivity index (χ2v) is 5.03. The summed E-state index contributed by atoms with van der Waals surface area (Å²) in [5.74, 6) is -0.924. The Morgan fingerprint density at radius 1 is 1.11 bits per heavy atom. The lowest BCUT2D eigenvalue weighted by molar-refractivity contribution is 0.0697. The zero-order chi connectivity index (χ0) is 13.4. The van der Waals surface area contributed by atoms with Gasteiger partial charge in [0.05, 0.1) is 5.56 Å². The molecule has 0 spiro atoms. The van der Waals surface area contributed by atoms with E-state index < -0.39 is 5.97 Å². The van der Waals surface area contributed by atoms with Gasteiger partial charge in [-0.15, -0.1) is 0 Å². The third kappa shape index (κ3) is 2.05. The van der Waals surface area contributed by atoms with Gasteiger partial charge in [-0.1, -0.05) is 0 Å². The Hall–Kier alpha value is -2.04. The van der Waals surface area contributed by atoms with Crippen molar-refractivity contribution in [1.29, 1.82) is 0 Å². The molecule has 2 amide bonds. The summed E-state index contributed by atoms with van der Waals surface area (Å²) in [6.45, 7) is 2.31. The van der Waals surface area contributed by atoms with Crippen LogP contribution in [0.1, 0.15) is 28.8 Å². The minimum Gasteiger partial charge on any atom is -0.478 e. The fourth-order valence-electron chi connectivity index (χ4n) is 2.81. The standard InChI is InChI=1S/C14H16N2O3/c17-13(18)11-3-4-12-10(9-11)5-8-16(12)14(19)15-6-1-2-7-15/h3-4,9H,1-2,5-8H2,(H,17,18). The molecule has 5 heteroatoms. The Morgan fingerprint density at radius 3 is 2.53 bits per heavy atom. The van der Waals surface area contributed by atoms with E-state index in [1.807, 2.05) is 4.90 Å². The van der Waals surface area contributed by atoms with Crippen molar-refractivity contribution in [2.75, 3.05) is 24.5 Å². The number of nitrogens with zero attached hydrogens (tertiary/aromatic N) is 2. The van der Waals surface area contributed by atoms with Gasteiger partial charge in [-0.3, -0.25) is 4.90 Å². The lowest BCUT2D eigenvalue weighted by atomic mass is 10.1. The predicted molar refractivity (Wildman–Crippen MR) is 70.7 cm³/mol. The summed E-state index contributed by atoms with van der Waals surface area (Å²) in [6.07, 6.45) is 2.88. The van der Waals surface area contributed by atoms with Gasteiger partial charge in [0.25, 0.3) is 0 Å². The van der Waals surface area contributed by atoms with Crippen molar-refractivity contribution in [3.8, 4) is 0 Å². The number of carboxylic acids is 1. The van der Waals surface area contributed by atoms with Crippen molar-refractivity contribution in [2.24, 2.45) is 0 Å². The molecule has 1 aromatic carbocycles. The van der Waals surface area contributed by atoms with Gasteiger partial charge >= 0.3 is 12.0 Å². The predicted octanol–water partition coefficient (Wildman–Crippen LogP) is 1.96. The fourth-order valence-corrected chi connectivity index (χ4v) is 2.81. The average Bonchev–Trinajstić information content (AvgIpc) is 3.06. The lowest BCUT2D eigenvalue weighted by Crippen LogP contribution is -2.40. The first kappa shape index (κ1) is 12.0. The van der Waals surface area contributed by atoms with Gasteiger partial charge in [-0.25, -0.2) is 9.59 Å². The molecule has 0 saturated carbocycles. The molecule has 2 aliphatic heterocycles. The Labute approximate surface area is 111 Å². The van der Waals surface area contributed by atoms with Gasteiger partial charge < -0.3 is 10.0 Å². The number of aromatic carboxylic acids is 1. The normalized spacial score (nSPS) is 17.7. The molecule has 100 valence electrons. The SMILES string of the molecule is O=C(O)c1ccc2c(c1)CCN2C(=O)N1CCCC1. The summed E-state index contributed by atoms with van der Waals surface area (Å²) in [4.78, 5) is 26.9. The number of urea groups is 1. The molecule has 1 fully saturated rings. The van der Waals surface area contributed by atoms with Crippen LogP contribution >= 0.6 is 0 Å². The number of benzene rings is 1. The highest BCUT2D eigenvalue weighted by Gasteiger charge is 2.30. The second kappa shape index (κ2) is 4.57. The van der Waals surface area contributed by atoms with Crippen LogP contribution in [0.5, 0.6) is 0 Å². The summed E-state index contributed by atoms with van der Waals surface area (Å²) in [7, 11) is 0. The van der Waals surface area contributed by atoms with Gasteiger partial charge in [-0.2, -0.15) is 0 Å². The fraction of sp³-hybridized carbons (Fsp3) is 0.429. The van der Waals surface area contributed by atoms with Crippen molar-refractivity contribution in [2.45, 2.75) is 19.3 Å². The molecular weight excluding hydrogens is 244 g/mol. The maximum Gasteiger partial charge on any atom is 0.335 e. The average molecular weight is 260 g/mol. The zero-order valence-corrected chi connectivity index (χ0v) is 10.6. The quantitative estimate of drug-likeness (QED) is 0.839. The van der Waals surface area contributed by atoms with Gasteiger partial charge in [0.2, 0.25) is 0 Å². The summed E-state index contributed by atoms with van der Waals surface area (Å²) in [5.41, 5.74) is 2.10. The van der Waals surface area contributed by atoms with E-state index in [0.29, 0.717) is 6.54 Å². The van der Waals surface area contributed by atoms with E-state index in [1.54, 1.807) is 23.1 Å². The van der Waals surface area contributed by atoms with Gasteiger partial charge in [0.15, 0.2) is 0 Å². The molecule has 0 aliphatic carbocycles. The van der Waals surface area contributed by atoms with Crippen LogP contribution in [0.4, 0.5) is 10.5 Å². The Morgan fingerprint density at radius 2 is 1.84 bits per heavy atom. The minimum atomic E-state index is -0.924. The maximum absolute atomic E-state index is 12.4. The number of carbonyl (C=O) groups excluding carboxylic acids is 1. The summed E-state index contributed by atoms with van der Waals surface area (Å²) in [5, 5.41) is 8.98. The third-order valence-corrected chi connectivity index (χ3v) is 3.83. The molecule has 1 saturated heterocycles. The van der Waals surface area contributed by atoms with E-state index in [1.165, 1.54) is 0 Å². The summed E-state index contributed by atoms with van der Waals surface area (Å²) >= 11 is 0. The largest absolute Gasteiger partial charge is 0.478 e. The Kier molecular flexibility index (Phi) is 2.89. The van der Waals surface area contributed by atoms with Crippen molar-refractivity contribution in [3.63, 3.8) is 0 Å². The smallest absolute Gasteiger partial charge is 0.335 e. The van der Waals surface area contributed by atoms with Crippen LogP contribution in [-0.2, 0) is 6.42 Å². The van der Waals surface area contributed by atoms with Crippen LogP contribution in [0.25, 0.3) is 0 Å². The number of likely N-dealkylation sites (tertiary alicyclic amines) is 1. The van der Waals surface area contributed by atoms with Crippen LogP contribution in [-0.4, -0.2) is 41.6 Å². The Balaban J connectivity index is 1.85. The molecular formula is C14H16N2O3. The number of anilines is 1. The van der Waals surface area contributed by atoms with Crippen LogP contribution in [0, 0.1) is 0 Å². The highest BCUT2D eigenvalue weighted by atomic mass is 16.4. The molecule has 3 rings (SSSR count). The maximum atomic E-state index is 12.4. The van der Waals surface area contributed by atoms with E-state index in [4.69, 9.17) is 5.11 Å². The molecule has 0 aromatic heterocycles. The highest BCUT2D eigenvalue weighted by molar-refractivity contribution is 5.96. The summed E-state index contributed by atoms with van der Waals surface area (Å²) < 4.78 is 0. The van der Waals surface area contributed by atoms with Crippen LogP contribution in [0.3, 0.4) is 0 Å². The van der Waals surface area contributed by atoms with Crippen molar-refractivity contribution in [3.05, 3.63) is 29.3 Å². The highest BCUT2D eigenvalue weighted by Crippen LogP contribution is 2.30. The number of carboxylic acid groups (broad SMARTS) is 1. The molecule has 1 N–H and O–H groups in total. The van der Waals surface area contributed by atoms with E-state index >= 15 is 0 Å². The molecule has 1 aromatic rings. The number of carbonyl (C=O) groups is 2. The lowest BCUT2D eigenvalue weighted by Gasteiger charge is -2.24. The van der Waals surface area contributed by atoms with Gasteiger partial charge in [0.1, 0.15) is 0 Å². The van der Waals surface area contributed by atoms with Gasteiger partial charge in [-0.05, 0) is 43.0 Å². The van der Waals surface area contributed by atoms with Crippen molar-refractivity contribution < 1.29 is 14.7 Å². The first-order valence-electron chi connectivity index (χ1n) is 6.59. The summed E-state index contributed by atoms with van der Waals surface area (Å²) in [6, 6.07) is 5.05. The van der Waals surface area contributed by atoms with Crippen LogP contribution in [0.15, 0.2) is 18.2 Å². The Bertz CT molecular complexity index is 535. The molecule has 0 bridgehead atoms. The first-order chi connectivity index (χ1) is 9.16. The number of hydrogen-bond acceptors (Lipinski definition) is 2. The molecule has 0 radical (unpaired) electrons. The molecule has 0 atom stereocenters. The van der Waals surface area contributed by atoms with Crippen molar-refractivity contribution in [1.82, 2.24) is 4.90 Å². The number of fused-ring (bicyclic) bond motifs is 1.